The van der Waals surface area contributed by atoms with Crippen LogP contribution >= 0.6 is 0 Å². The Morgan fingerprint density at radius 1 is 0.900 bits per heavy atom. The van der Waals surface area contributed by atoms with Crippen molar-refractivity contribution in [2.45, 2.75) is 25.1 Å². The van der Waals surface area contributed by atoms with E-state index in [-0.39, 0.29) is 5.56 Å². The maximum Gasteiger partial charge on any atom is 0.392 e. The molecule has 1 nitrogen and oxygen atoms in total. The maximum atomic E-state index is 12.5. The molecule has 0 fully saturated rings. The van der Waals surface area contributed by atoms with Gasteiger partial charge in [0.2, 0.25) is 0 Å². The zero-order valence-corrected chi connectivity index (χ0v) is 11.0. The summed E-state index contributed by atoms with van der Waals surface area (Å²) < 4.78 is 37.5. The number of aliphatic hydroxyl groups is 1. The van der Waals surface area contributed by atoms with Crippen LogP contribution in [-0.2, 0) is 5.60 Å². The van der Waals surface area contributed by atoms with E-state index in [0.29, 0.717) is 0 Å². The monoisotopic (exact) mass is 280 g/mol. The van der Waals surface area contributed by atoms with Gasteiger partial charge in [-0.1, -0.05) is 48.5 Å². The Kier molecular flexibility index (Phi) is 3.86. The summed E-state index contributed by atoms with van der Waals surface area (Å²) in [6.45, 7) is 1.19. The molecular formula is C16H15F3O. The molecule has 0 saturated heterocycles. The zero-order chi connectivity index (χ0) is 14.8. The third kappa shape index (κ3) is 3.61. The predicted molar refractivity (Wildman–Crippen MR) is 72.1 cm³/mol. The van der Waals surface area contributed by atoms with Gasteiger partial charge in [-0.25, -0.2) is 0 Å². The fraction of sp³-hybridized carbons (Fsp3) is 0.250. The Labute approximate surface area is 115 Å². The van der Waals surface area contributed by atoms with Gasteiger partial charge in [-0.05, 0) is 29.7 Å². The molecule has 0 heterocycles. The lowest BCUT2D eigenvalue weighted by Gasteiger charge is -2.25. The molecule has 0 bridgehead atoms. The molecular weight excluding hydrogens is 265 g/mol. The van der Waals surface area contributed by atoms with Crippen LogP contribution in [0.25, 0.3) is 11.1 Å². The van der Waals surface area contributed by atoms with E-state index in [2.05, 4.69) is 0 Å². The minimum absolute atomic E-state index is 0.260. The van der Waals surface area contributed by atoms with Crippen LogP contribution in [0.2, 0.25) is 0 Å². The molecule has 1 unspecified atom stereocenters. The van der Waals surface area contributed by atoms with E-state index < -0.39 is 18.2 Å². The SMILES string of the molecule is CC(O)(CC(F)(F)F)c1cccc(-c2ccccc2)c1. The Morgan fingerprint density at radius 2 is 1.50 bits per heavy atom. The summed E-state index contributed by atoms with van der Waals surface area (Å²) in [5.41, 5.74) is 0.0159. The predicted octanol–water partition coefficient (Wildman–Crippen LogP) is 4.51. The van der Waals surface area contributed by atoms with E-state index in [0.717, 1.165) is 11.1 Å². The van der Waals surface area contributed by atoms with Crippen LogP contribution in [0.3, 0.4) is 0 Å². The number of rotatable bonds is 3. The zero-order valence-electron chi connectivity index (χ0n) is 11.0. The van der Waals surface area contributed by atoms with Crippen LogP contribution in [-0.4, -0.2) is 11.3 Å². The number of alkyl halides is 3. The summed E-state index contributed by atoms with van der Waals surface area (Å²) >= 11 is 0. The van der Waals surface area contributed by atoms with Crippen molar-refractivity contribution in [2.75, 3.05) is 0 Å². The molecule has 0 saturated carbocycles. The molecule has 2 aromatic rings. The summed E-state index contributed by atoms with van der Waals surface area (Å²) in [7, 11) is 0. The molecule has 20 heavy (non-hydrogen) atoms. The summed E-state index contributed by atoms with van der Waals surface area (Å²) in [6.07, 6.45) is -5.68. The standard InChI is InChI=1S/C16H15F3O/c1-15(20,11-16(17,18)19)14-9-5-8-13(10-14)12-6-3-2-4-7-12/h2-10,20H,11H2,1H3. The number of hydrogen-bond acceptors (Lipinski definition) is 1. The summed E-state index contributed by atoms with van der Waals surface area (Å²) in [6, 6.07) is 15.9. The first-order chi connectivity index (χ1) is 9.28. The second kappa shape index (κ2) is 5.29. The highest BCUT2D eigenvalue weighted by Gasteiger charge is 2.39. The second-order valence-corrected chi connectivity index (χ2v) is 5.01. The fourth-order valence-corrected chi connectivity index (χ4v) is 2.16. The smallest absolute Gasteiger partial charge is 0.385 e. The van der Waals surface area contributed by atoms with Gasteiger partial charge in [0, 0.05) is 0 Å². The molecule has 2 aromatic carbocycles. The van der Waals surface area contributed by atoms with Crippen LogP contribution in [0.15, 0.2) is 54.6 Å². The maximum absolute atomic E-state index is 12.5. The van der Waals surface area contributed by atoms with Crippen molar-refractivity contribution in [1.29, 1.82) is 0 Å². The van der Waals surface area contributed by atoms with Crippen LogP contribution in [0.5, 0.6) is 0 Å². The van der Waals surface area contributed by atoms with Crippen LogP contribution in [0.4, 0.5) is 13.2 Å². The largest absolute Gasteiger partial charge is 0.392 e. The molecule has 0 aliphatic rings. The molecule has 1 N–H and O–H groups in total. The average molecular weight is 280 g/mol. The summed E-state index contributed by atoms with van der Waals surface area (Å²) in [4.78, 5) is 0. The number of halogens is 3. The van der Waals surface area contributed by atoms with Gasteiger partial charge in [0.1, 0.15) is 0 Å². The first kappa shape index (κ1) is 14.6. The molecule has 0 spiro atoms. The van der Waals surface area contributed by atoms with Crippen LogP contribution in [0.1, 0.15) is 18.9 Å². The van der Waals surface area contributed by atoms with Gasteiger partial charge in [-0.3, -0.25) is 0 Å². The number of hydrogen-bond donors (Lipinski definition) is 1. The normalized spacial score (nSPS) is 14.8. The van der Waals surface area contributed by atoms with Crippen molar-refractivity contribution < 1.29 is 18.3 Å². The van der Waals surface area contributed by atoms with Crippen molar-refractivity contribution in [1.82, 2.24) is 0 Å². The minimum atomic E-state index is -4.41. The van der Waals surface area contributed by atoms with Crippen molar-refractivity contribution in [3.63, 3.8) is 0 Å². The number of benzene rings is 2. The second-order valence-electron chi connectivity index (χ2n) is 5.01. The molecule has 1 atom stereocenters. The van der Waals surface area contributed by atoms with E-state index >= 15 is 0 Å². The van der Waals surface area contributed by atoms with Crippen LogP contribution < -0.4 is 0 Å². The van der Waals surface area contributed by atoms with E-state index in [4.69, 9.17) is 0 Å². The molecule has 0 aromatic heterocycles. The van der Waals surface area contributed by atoms with Crippen molar-refractivity contribution in [2.24, 2.45) is 0 Å². The summed E-state index contributed by atoms with van der Waals surface area (Å²) in [5, 5.41) is 10.1. The highest BCUT2D eigenvalue weighted by molar-refractivity contribution is 5.64. The average Bonchev–Trinajstić information content (AvgIpc) is 2.37. The molecule has 2 rings (SSSR count). The topological polar surface area (TPSA) is 20.2 Å². The van der Waals surface area contributed by atoms with Crippen LogP contribution in [0, 0.1) is 0 Å². The quantitative estimate of drug-likeness (QED) is 0.876. The van der Waals surface area contributed by atoms with E-state index in [9.17, 15) is 18.3 Å². The lowest BCUT2D eigenvalue weighted by Crippen LogP contribution is -2.28. The third-order valence-corrected chi connectivity index (χ3v) is 3.14. The Bertz CT molecular complexity index is 574. The van der Waals surface area contributed by atoms with Gasteiger partial charge in [0.15, 0.2) is 0 Å². The minimum Gasteiger partial charge on any atom is -0.385 e. The van der Waals surface area contributed by atoms with E-state index in [1.165, 1.54) is 13.0 Å². The van der Waals surface area contributed by atoms with Gasteiger partial charge in [0.05, 0.1) is 12.0 Å². The van der Waals surface area contributed by atoms with Gasteiger partial charge < -0.3 is 5.11 Å². The fourth-order valence-electron chi connectivity index (χ4n) is 2.16. The van der Waals surface area contributed by atoms with Gasteiger partial charge in [0.25, 0.3) is 0 Å². The molecule has 4 heteroatoms. The summed E-state index contributed by atoms with van der Waals surface area (Å²) in [5.74, 6) is 0. The Morgan fingerprint density at radius 3 is 2.10 bits per heavy atom. The van der Waals surface area contributed by atoms with Crippen molar-refractivity contribution in [3.05, 3.63) is 60.2 Å². The van der Waals surface area contributed by atoms with Crippen molar-refractivity contribution >= 4 is 0 Å². The Hall–Kier alpha value is -1.81. The van der Waals surface area contributed by atoms with Gasteiger partial charge in [-0.2, -0.15) is 13.2 Å². The molecule has 106 valence electrons. The highest BCUT2D eigenvalue weighted by Crippen LogP contribution is 2.35. The van der Waals surface area contributed by atoms with Gasteiger partial charge >= 0.3 is 6.18 Å². The Balaban J connectivity index is 2.35. The first-order valence-corrected chi connectivity index (χ1v) is 6.23. The van der Waals surface area contributed by atoms with Crippen molar-refractivity contribution in [3.8, 4) is 11.1 Å². The molecule has 0 amide bonds. The van der Waals surface area contributed by atoms with Gasteiger partial charge in [-0.15, -0.1) is 0 Å². The highest BCUT2D eigenvalue weighted by atomic mass is 19.4. The molecule has 0 aliphatic heterocycles. The third-order valence-electron chi connectivity index (χ3n) is 3.14. The van der Waals surface area contributed by atoms with E-state index in [1.54, 1.807) is 12.1 Å². The molecule has 0 aliphatic carbocycles. The lowest BCUT2D eigenvalue weighted by molar-refractivity contribution is -0.174. The first-order valence-electron chi connectivity index (χ1n) is 6.23. The molecule has 0 radical (unpaired) electrons. The lowest BCUT2D eigenvalue weighted by atomic mass is 9.90. The van der Waals surface area contributed by atoms with E-state index in [1.807, 2.05) is 36.4 Å².